The van der Waals surface area contributed by atoms with Crippen molar-refractivity contribution in [3.8, 4) is 0 Å². The van der Waals surface area contributed by atoms with Crippen molar-refractivity contribution in [2.75, 3.05) is 23.7 Å². The molecule has 4 heteroatoms. The average molecular weight is 223 g/mol. The molecular formula is C11H17N3S. The number of hydrogen-bond acceptors (Lipinski definition) is 4. The molecule has 82 valence electrons. The zero-order valence-corrected chi connectivity index (χ0v) is 10.00. The van der Waals surface area contributed by atoms with E-state index in [1.165, 1.54) is 0 Å². The molecule has 0 aromatic carbocycles. The van der Waals surface area contributed by atoms with Crippen LogP contribution in [0.4, 0.5) is 11.6 Å². The molecular weight excluding hydrogens is 206 g/mol. The highest BCUT2D eigenvalue weighted by molar-refractivity contribution is 8.00. The van der Waals surface area contributed by atoms with E-state index in [0.29, 0.717) is 16.3 Å². The van der Waals surface area contributed by atoms with E-state index in [1.807, 2.05) is 30.0 Å². The summed E-state index contributed by atoms with van der Waals surface area (Å²) in [5, 5.41) is 1.33. The SMILES string of the molecule is CC1CN(c2cccc(N)n2)CC(C)S1. The fraction of sp³-hybridized carbons (Fsp3) is 0.545. The zero-order chi connectivity index (χ0) is 10.8. The molecule has 0 radical (unpaired) electrons. The van der Waals surface area contributed by atoms with Crippen LogP contribution in [0.5, 0.6) is 0 Å². The van der Waals surface area contributed by atoms with Crippen LogP contribution in [0, 0.1) is 0 Å². The third-order valence-corrected chi connectivity index (χ3v) is 3.73. The highest BCUT2D eigenvalue weighted by Crippen LogP contribution is 2.27. The first kappa shape index (κ1) is 10.6. The van der Waals surface area contributed by atoms with Crippen LogP contribution in [0.15, 0.2) is 18.2 Å². The number of rotatable bonds is 1. The predicted octanol–water partition coefficient (Wildman–Crippen LogP) is 1.99. The topological polar surface area (TPSA) is 42.1 Å². The van der Waals surface area contributed by atoms with Gasteiger partial charge in [0.25, 0.3) is 0 Å². The van der Waals surface area contributed by atoms with E-state index in [9.17, 15) is 0 Å². The van der Waals surface area contributed by atoms with Crippen LogP contribution in [0.25, 0.3) is 0 Å². The average Bonchev–Trinajstić information content (AvgIpc) is 2.16. The van der Waals surface area contributed by atoms with Gasteiger partial charge in [0, 0.05) is 23.6 Å². The predicted molar refractivity (Wildman–Crippen MR) is 67.4 cm³/mol. The van der Waals surface area contributed by atoms with Crippen molar-refractivity contribution in [3.63, 3.8) is 0 Å². The largest absolute Gasteiger partial charge is 0.384 e. The molecule has 1 aromatic rings. The molecule has 0 amide bonds. The molecule has 2 rings (SSSR count). The van der Waals surface area contributed by atoms with Crippen molar-refractivity contribution < 1.29 is 0 Å². The number of aromatic nitrogens is 1. The van der Waals surface area contributed by atoms with Crippen molar-refractivity contribution in [2.45, 2.75) is 24.3 Å². The molecule has 2 atom stereocenters. The zero-order valence-electron chi connectivity index (χ0n) is 9.18. The summed E-state index contributed by atoms with van der Waals surface area (Å²) in [7, 11) is 0. The molecule has 3 nitrogen and oxygen atoms in total. The quantitative estimate of drug-likeness (QED) is 0.790. The maximum Gasteiger partial charge on any atom is 0.131 e. The van der Waals surface area contributed by atoms with Crippen LogP contribution in [-0.4, -0.2) is 28.6 Å². The van der Waals surface area contributed by atoms with Gasteiger partial charge in [-0.2, -0.15) is 11.8 Å². The summed E-state index contributed by atoms with van der Waals surface area (Å²) in [6, 6.07) is 5.83. The molecule has 1 aliphatic rings. The normalized spacial score (nSPS) is 26.7. The van der Waals surface area contributed by atoms with Gasteiger partial charge >= 0.3 is 0 Å². The summed E-state index contributed by atoms with van der Waals surface area (Å²) >= 11 is 2.04. The monoisotopic (exact) mass is 223 g/mol. The van der Waals surface area contributed by atoms with Crippen molar-refractivity contribution in [1.82, 2.24) is 4.98 Å². The van der Waals surface area contributed by atoms with Gasteiger partial charge in [0.2, 0.25) is 0 Å². The van der Waals surface area contributed by atoms with Crippen LogP contribution in [0.2, 0.25) is 0 Å². The Morgan fingerprint density at radius 3 is 2.60 bits per heavy atom. The van der Waals surface area contributed by atoms with Crippen LogP contribution in [0.3, 0.4) is 0 Å². The smallest absolute Gasteiger partial charge is 0.131 e. The molecule has 2 N–H and O–H groups in total. The van der Waals surface area contributed by atoms with E-state index in [-0.39, 0.29) is 0 Å². The van der Waals surface area contributed by atoms with E-state index in [4.69, 9.17) is 5.73 Å². The van der Waals surface area contributed by atoms with Gasteiger partial charge in [-0.05, 0) is 12.1 Å². The van der Waals surface area contributed by atoms with Crippen molar-refractivity contribution in [3.05, 3.63) is 18.2 Å². The highest BCUT2D eigenvalue weighted by Gasteiger charge is 2.22. The van der Waals surface area contributed by atoms with Gasteiger partial charge in [0.15, 0.2) is 0 Å². The van der Waals surface area contributed by atoms with E-state index in [1.54, 1.807) is 0 Å². The number of pyridine rings is 1. The second-order valence-corrected chi connectivity index (χ2v) is 5.96. The molecule has 0 spiro atoms. The van der Waals surface area contributed by atoms with Crippen LogP contribution in [-0.2, 0) is 0 Å². The number of nitrogen functional groups attached to an aromatic ring is 1. The van der Waals surface area contributed by atoms with Gasteiger partial charge in [-0.3, -0.25) is 0 Å². The fourth-order valence-electron chi connectivity index (χ4n) is 1.98. The standard InChI is InChI=1S/C11H17N3S/c1-8-6-14(7-9(2)15-8)11-5-3-4-10(12)13-11/h3-5,8-9H,6-7H2,1-2H3,(H2,12,13). The Morgan fingerprint density at radius 2 is 2.00 bits per heavy atom. The molecule has 1 saturated heterocycles. The van der Waals surface area contributed by atoms with Gasteiger partial charge in [-0.15, -0.1) is 0 Å². The lowest BCUT2D eigenvalue weighted by molar-refractivity contribution is 0.719. The number of hydrogen-bond donors (Lipinski definition) is 1. The van der Waals surface area contributed by atoms with Gasteiger partial charge in [0.1, 0.15) is 11.6 Å². The number of anilines is 2. The summed E-state index contributed by atoms with van der Waals surface area (Å²) in [6.07, 6.45) is 0. The second-order valence-electron chi connectivity index (χ2n) is 4.08. The molecule has 1 aliphatic heterocycles. The Morgan fingerprint density at radius 1 is 1.33 bits per heavy atom. The lowest BCUT2D eigenvalue weighted by Crippen LogP contribution is -2.40. The lowest BCUT2D eigenvalue weighted by Gasteiger charge is -2.35. The number of thioether (sulfide) groups is 1. The Labute approximate surface area is 95.1 Å². The van der Waals surface area contributed by atoms with Gasteiger partial charge in [-0.1, -0.05) is 19.9 Å². The van der Waals surface area contributed by atoms with Crippen molar-refractivity contribution in [2.24, 2.45) is 0 Å². The molecule has 0 saturated carbocycles. The van der Waals surface area contributed by atoms with Crippen LogP contribution in [0.1, 0.15) is 13.8 Å². The lowest BCUT2D eigenvalue weighted by atomic mass is 10.3. The van der Waals surface area contributed by atoms with Gasteiger partial charge < -0.3 is 10.6 Å². The minimum Gasteiger partial charge on any atom is -0.384 e. The highest BCUT2D eigenvalue weighted by atomic mass is 32.2. The summed E-state index contributed by atoms with van der Waals surface area (Å²) < 4.78 is 0. The van der Waals surface area contributed by atoms with Gasteiger partial charge in [0.05, 0.1) is 0 Å². The summed E-state index contributed by atoms with van der Waals surface area (Å²) in [5.41, 5.74) is 5.69. The first-order valence-corrected chi connectivity index (χ1v) is 6.22. The van der Waals surface area contributed by atoms with Crippen LogP contribution >= 0.6 is 11.8 Å². The van der Waals surface area contributed by atoms with Crippen LogP contribution < -0.4 is 10.6 Å². The molecule has 1 fully saturated rings. The number of nitrogens with zero attached hydrogens (tertiary/aromatic N) is 2. The second kappa shape index (κ2) is 4.31. The Hall–Kier alpha value is -0.900. The Balaban J connectivity index is 2.16. The number of nitrogens with two attached hydrogens (primary N) is 1. The van der Waals surface area contributed by atoms with Crippen molar-refractivity contribution in [1.29, 1.82) is 0 Å². The molecule has 0 aliphatic carbocycles. The molecule has 1 aromatic heterocycles. The minimum absolute atomic E-state index is 0.603. The molecule has 0 bridgehead atoms. The molecule has 2 heterocycles. The van der Waals surface area contributed by atoms with E-state index >= 15 is 0 Å². The first-order chi connectivity index (χ1) is 7.15. The maximum absolute atomic E-state index is 5.69. The minimum atomic E-state index is 0.603. The summed E-state index contributed by atoms with van der Waals surface area (Å²) in [5.74, 6) is 1.61. The third-order valence-electron chi connectivity index (χ3n) is 2.50. The Bertz CT molecular complexity index is 332. The summed E-state index contributed by atoms with van der Waals surface area (Å²) in [4.78, 5) is 6.68. The fourth-order valence-corrected chi connectivity index (χ4v) is 3.31. The van der Waals surface area contributed by atoms with Gasteiger partial charge in [-0.25, -0.2) is 4.98 Å². The van der Waals surface area contributed by atoms with E-state index in [0.717, 1.165) is 18.9 Å². The third kappa shape index (κ3) is 2.56. The van der Waals surface area contributed by atoms with Crippen molar-refractivity contribution >= 4 is 23.4 Å². The molecule has 15 heavy (non-hydrogen) atoms. The first-order valence-electron chi connectivity index (χ1n) is 5.28. The Kier molecular flexibility index (Phi) is 3.05. The molecule has 2 unspecified atom stereocenters. The maximum atomic E-state index is 5.69. The van der Waals surface area contributed by atoms with E-state index < -0.39 is 0 Å². The summed E-state index contributed by atoms with van der Waals surface area (Å²) in [6.45, 7) is 6.65. The van der Waals surface area contributed by atoms with E-state index in [2.05, 4.69) is 23.7 Å².